The fourth-order valence-electron chi connectivity index (χ4n) is 2.25. The molecule has 2 rings (SSSR count). The average Bonchev–Trinajstić information content (AvgIpc) is 3.21. The molecule has 5 nitrogen and oxygen atoms in total. The molecule has 1 saturated carbocycles. The number of carbonyl (C=O) groups excluding carboxylic acids is 1. The number of carbonyl (C=O) groups is 1. The quantitative estimate of drug-likeness (QED) is 0.435. The van der Waals surface area contributed by atoms with Crippen molar-refractivity contribution in [1.82, 2.24) is 15.5 Å². The standard InChI is InChI=1S/C16H24N4O.HI/c1-17-16(18-11-15(21)20(2)3)19-14-10-13(14)9-12-7-5-4-6-8-12;/h4-8,13-14H,9-11H2,1-3H3,(H2,17,18,19);1H. The monoisotopic (exact) mass is 416 g/mol. The van der Waals surface area contributed by atoms with Crippen LogP contribution >= 0.6 is 24.0 Å². The van der Waals surface area contributed by atoms with Crippen molar-refractivity contribution >= 4 is 35.8 Å². The van der Waals surface area contributed by atoms with Crippen LogP contribution in [0.5, 0.6) is 0 Å². The number of rotatable bonds is 5. The molecule has 1 fully saturated rings. The second kappa shape index (κ2) is 8.97. The van der Waals surface area contributed by atoms with Crippen molar-refractivity contribution in [3.8, 4) is 0 Å². The summed E-state index contributed by atoms with van der Waals surface area (Å²) in [7, 11) is 5.22. The van der Waals surface area contributed by atoms with Gasteiger partial charge in [-0.1, -0.05) is 30.3 Å². The number of aliphatic imine (C=N–C) groups is 1. The Bertz CT molecular complexity index is 504. The van der Waals surface area contributed by atoms with Crippen molar-refractivity contribution in [1.29, 1.82) is 0 Å². The van der Waals surface area contributed by atoms with E-state index in [1.54, 1.807) is 26.0 Å². The molecule has 0 heterocycles. The lowest BCUT2D eigenvalue weighted by molar-refractivity contribution is -0.127. The molecule has 6 heteroatoms. The van der Waals surface area contributed by atoms with Crippen LogP contribution in [0.2, 0.25) is 0 Å². The summed E-state index contributed by atoms with van der Waals surface area (Å²) in [4.78, 5) is 17.3. The van der Waals surface area contributed by atoms with Gasteiger partial charge in [-0.15, -0.1) is 24.0 Å². The van der Waals surface area contributed by atoms with Gasteiger partial charge >= 0.3 is 0 Å². The molecule has 0 spiro atoms. The summed E-state index contributed by atoms with van der Waals surface area (Å²) in [6.07, 6.45) is 2.24. The molecule has 0 saturated heterocycles. The van der Waals surface area contributed by atoms with Crippen LogP contribution in [0.4, 0.5) is 0 Å². The topological polar surface area (TPSA) is 56.7 Å². The summed E-state index contributed by atoms with van der Waals surface area (Å²) in [5, 5.41) is 6.43. The molecule has 0 radical (unpaired) electrons. The summed E-state index contributed by atoms with van der Waals surface area (Å²) in [6.45, 7) is 0.267. The van der Waals surface area contributed by atoms with E-state index in [0.29, 0.717) is 17.9 Å². The minimum Gasteiger partial charge on any atom is -0.353 e. The molecule has 2 atom stereocenters. The van der Waals surface area contributed by atoms with Crippen LogP contribution in [-0.4, -0.2) is 50.5 Å². The van der Waals surface area contributed by atoms with Gasteiger partial charge in [0.15, 0.2) is 5.96 Å². The molecule has 1 aliphatic rings. The Balaban J connectivity index is 0.00000242. The van der Waals surface area contributed by atoms with Crippen molar-refractivity contribution in [3.63, 3.8) is 0 Å². The maximum absolute atomic E-state index is 11.6. The van der Waals surface area contributed by atoms with E-state index in [-0.39, 0.29) is 36.4 Å². The summed E-state index contributed by atoms with van der Waals surface area (Å²) in [5.41, 5.74) is 1.37. The van der Waals surface area contributed by atoms with Crippen molar-refractivity contribution < 1.29 is 4.79 Å². The Labute approximate surface area is 149 Å². The first-order chi connectivity index (χ1) is 10.1. The first-order valence-corrected chi connectivity index (χ1v) is 7.31. The molecule has 22 heavy (non-hydrogen) atoms. The number of guanidine groups is 1. The van der Waals surface area contributed by atoms with Gasteiger partial charge in [0.05, 0.1) is 6.54 Å². The molecular formula is C16H25IN4O. The van der Waals surface area contributed by atoms with E-state index in [9.17, 15) is 4.79 Å². The zero-order valence-electron chi connectivity index (χ0n) is 13.4. The maximum atomic E-state index is 11.6. The number of halogens is 1. The van der Waals surface area contributed by atoms with Gasteiger partial charge in [0.2, 0.25) is 5.91 Å². The fourth-order valence-corrected chi connectivity index (χ4v) is 2.25. The Morgan fingerprint density at radius 1 is 1.32 bits per heavy atom. The van der Waals surface area contributed by atoms with Crippen molar-refractivity contribution in [2.24, 2.45) is 10.9 Å². The third-order valence-corrected chi connectivity index (χ3v) is 3.71. The molecule has 1 aliphatic carbocycles. The second-order valence-electron chi connectivity index (χ2n) is 5.65. The molecule has 122 valence electrons. The summed E-state index contributed by atoms with van der Waals surface area (Å²) >= 11 is 0. The van der Waals surface area contributed by atoms with Gasteiger partial charge in [0, 0.05) is 27.2 Å². The number of hydrogen-bond acceptors (Lipinski definition) is 2. The molecular weight excluding hydrogens is 391 g/mol. The third kappa shape index (κ3) is 5.82. The van der Waals surface area contributed by atoms with Gasteiger partial charge in [-0.25, -0.2) is 0 Å². The minimum absolute atomic E-state index is 0. The van der Waals surface area contributed by atoms with Crippen LogP contribution in [0.1, 0.15) is 12.0 Å². The van der Waals surface area contributed by atoms with Gasteiger partial charge in [0.1, 0.15) is 0 Å². The molecule has 2 unspecified atom stereocenters. The van der Waals surface area contributed by atoms with Crippen molar-refractivity contribution in [3.05, 3.63) is 35.9 Å². The number of benzene rings is 1. The van der Waals surface area contributed by atoms with Crippen molar-refractivity contribution in [2.45, 2.75) is 18.9 Å². The van der Waals surface area contributed by atoms with E-state index < -0.39 is 0 Å². The Morgan fingerprint density at radius 2 is 2.00 bits per heavy atom. The number of amides is 1. The Hall–Kier alpha value is -1.31. The van der Waals surface area contributed by atoms with Crippen molar-refractivity contribution in [2.75, 3.05) is 27.7 Å². The van der Waals surface area contributed by atoms with E-state index in [4.69, 9.17) is 0 Å². The Morgan fingerprint density at radius 3 is 2.59 bits per heavy atom. The van der Waals surface area contributed by atoms with Crippen LogP contribution < -0.4 is 10.6 Å². The smallest absolute Gasteiger partial charge is 0.241 e. The maximum Gasteiger partial charge on any atom is 0.241 e. The third-order valence-electron chi connectivity index (χ3n) is 3.71. The van der Waals surface area contributed by atoms with Gasteiger partial charge in [-0.3, -0.25) is 9.79 Å². The van der Waals surface area contributed by atoms with Gasteiger partial charge < -0.3 is 15.5 Å². The first-order valence-electron chi connectivity index (χ1n) is 7.31. The van der Waals surface area contributed by atoms with Crippen LogP contribution in [-0.2, 0) is 11.2 Å². The molecule has 1 aromatic carbocycles. The highest BCUT2D eigenvalue weighted by Crippen LogP contribution is 2.33. The molecule has 0 bridgehead atoms. The molecule has 2 N–H and O–H groups in total. The first kappa shape index (κ1) is 18.7. The molecule has 1 amide bonds. The van der Waals surface area contributed by atoms with Gasteiger partial charge in [0.25, 0.3) is 0 Å². The summed E-state index contributed by atoms with van der Waals surface area (Å²) in [5.74, 6) is 1.39. The van der Waals surface area contributed by atoms with E-state index in [1.807, 2.05) is 6.07 Å². The summed E-state index contributed by atoms with van der Waals surface area (Å²) in [6, 6.07) is 11.0. The molecule has 0 aromatic heterocycles. The van der Waals surface area contributed by atoms with Gasteiger partial charge in [-0.05, 0) is 24.3 Å². The normalized spacial score (nSPS) is 19.9. The predicted molar refractivity (Wildman–Crippen MR) is 101 cm³/mol. The largest absolute Gasteiger partial charge is 0.353 e. The highest BCUT2D eigenvalue weighted by atomic mass is 127. The predicted octanol–water partition coefficient (Wildman–Crippen LogP) is 1.49. The van der Waals surface area contributed by atoms with Crippen LogP contribution in [0.3, 0.4) is 0 Å². The lowest BCUT2D eigenvalue weighted by atomic mass is 10.1. The van der Waals surface area contributed by atoms with Gasteiger partial charge in [-0.2, -0.15) is 0 Å². The van der Waals surface area contributed by atoms with E-state index in [2.05, 4.69) is 39.9 Å². The van der Waals surface area contributed by atoms with Crippen LogP contribution in [0.15, 0.2) is 35.3 Å². The Kier molecular flexibility index (Phi) is 7.64. The number of nitrogens with zero attached hydrogens (tertiary/aromatic N) is 2. The molecule has 1 aromatic rings. The van der Waals surface area contributed by atoms with E-state index >= 15 is 0 Å². The number of nitrogens with one attached hydrogen (secondary N) is 2. The number of hydrogen-bond donors (Lipinski definition) is 2. The SMILES string of the molecule is CN=C(NCC(=O)N(C)C)NC1CC1Cc1ccccc1.I. The highest BCUT2D eigenvalue weighted by molar-refractivity contribution is 14.0. The zero-order valence-corrected chi connectivity index (χ0v) is 15.7. The van der Waals surface area contributed by atoms with E-state index in [0.717, 1.165) is 12.8 Å². The highest BCUT2D eigenvalue weighted by Gasteiger charge is 2.37. The lowest BCUT2D eigenvalue weighted by Crippen LogP contribution is -2.44. The number of likely N-dealkylation sites (N-methyl/N-ethyl adjacent to an activating group) is 1. The fraction of sp³-hybridized carbons (Fsp3) is 0.500. The van der Waals surface area contributed by atoms with Crippen LogP contribution in [0, 0.1) is 5.92 Å². The van der Waals surface area contributed by atoms with E-state index in [1.165, 1.54) is 5.56 Å². The summed E-state index contributed by atoms with van der Waals surface area (Å²) < 4.78 is 0. The average molecular weight is 416 g/mol. The van der Waals surface area contributed by atoms with Crippen LogP contribution in [0.25, 0.3) is 0 Å². The molecule has 0 aliphatic heterocycles. The minimum atomic E-state index is 0. The second-order valence-corrected chi connectivity index (χ2v) is 5.65. The lowest BCUT2D eigenvalue weighted by Gasteiger charge is -2.14. The zero-order chi connectivity index (χ0) is 15.2.